The van der Waals surface area contributed by atoms with Crippen molar-refractivity contribution in [3.8, 4) is 16.9 Å². The van der Waals surface area contributed by atoms with Crippen LogP contribution < -0.4 is 4.74 Å². The van der Waals surface area contributed by atoms with Crippen LogP contribution in [-0.4, -0.2) is 13.1 Å². The van der Waals surface area contributed by atoms with Gasteiger partial charge in [-0.1, -0.05) is 36.4 Å². The number of aryl methyl sites for hydroxylation is 1. The Kier molecular flexibility index (Phi) is 3.65. The first kappa shape index (κ1) is 13.7. The van der Waals surface area contributed by atoms with Gasteiger partial charge in [0.15, 0.2) is 0 Å². The Morgan fingerprint density at radius 1 is 1.14 bits per heavy atom. The Hall–Kier alpha value is -2.29. The summed E-state index contributed by atoms with van der Waals surface area (Å²) in [6.45, 7) is 2.08. The van der Waals surface area contributed by atoms with Gasteiger partial charge < -0.3 is 9.47 Å². The second-order valence-electron chi connectivity index (χ2n) is 5.26. The maximum absolute atomic E-state index is 11.4. The zero-order chi connectivity index (χ0) is 14.8. The van der Waals surface area contributed by atoms with Crippen LogP contribution in [0.1, 0.15) is 30.1 Å². The van der Waals surface area contributed by atoms with E-state index in [1.54, 1.807) is 7.11 Å². The number of rotatable bonds is 3. The third-order valence-corrected chi connectivity index (χ3v) is 3.92. The van der Waals surface area contributed by atoms with Crippen LogP contribution in [0.25, 0.3) is 11.1 Å². The number of carbonyl (C=O) groups excluding carboxylic acids is 1. The molecule has 1 aliphatic heterocycles. The molecule has 0 N–H and O–H groups in total. The zero-order valence-corrected chi connectivity index (χ0v) is 12.3. The van der Waals surface area contributed by atoms with E-state index in [0.717, 1.165) is 28.9 Å². The standard InChI is InChI=1S/C18H18O3/c1-12-6-3-4-7-13(12)18-14(8-5-9-16(18)20-2)15-10-11-17(19)21-15/h3-9,15H,10-11H2,1-2H3/t15-/m1/s1. The molecule has 0 saturated carbocycles. The Morgan fingerprint density at radius 2 is 1.95 bits per heavy atom. The summed E-state index contributed by atoms with van der Waals surface area (Å²) in [5.41, 5.74) is 4.34. The molecule has 2 aromatic rings. The number of methoxy groups -OCH3 is 1. The molecule has 1 fully saturated rings. The summed E-state index contributed by atoms with van der Waals surface area (Å²) in [6.07, 6.45) is 1.03. The molecule has 1 aliphatic rings. The number of carbonyl (C=O) groups is 1. The fraction of sp³-hybridized carbons (Fsp3) is 0.278. The molecule has 0 radical (unpaired) electrons. The van der Waals surface area contributed by atoms with Crippen LogP contribution in [0.2, 0.25) is 0 Å². The minimum atomic E-state index is -0.179. The van der Waals surface area contributed by atoms with Crippen LogP contribution in [0.4, 0.5) is 0 Å². The van der Waals surface area contributed by atoms with E-state index in [-0.39, 0.29) is 12.1 Å². The molecule has 3 heteroatoms. The largest absolute Gasteiger partial charge is 0.496 e. The van der Waals surface area contributed by atoms with Crippen LogP contribution in [0, 0.1) is 6.92 Å². The van der Waals surface area contributed by atoms with Gasteiger partial charge in [-0.25, -0.2) is 0 Å². The Labute approximate surface area is 124 Å². The van der Waals surface area contributed by atoms with Crippen molar-refractivity contribution >= 4 is 5.97 Å². The van der Waals surface area contributed by atoms with E-state index in [1.807, 2.05) is 30.3 Å². The van der Waals surface area contributed by atoms with Crippen molar-refractivity contribution in [1.29, 1.82) is 0 Å². The first-order valence-electron chi connectivity index (χ1n) is 7.13. The van der Waals surface area contributed by atoms with Crippen LogP contribution in [-0.2, 0) is 9.53 Å². The molecule has 3 rings (SSSR count). The van der Waals surface area contributed by atoms with Crippen molar-refractivity contribution in [2.75, 3.05) is 7.11 Å². The van der Waals surface area contributed by atoms with Crippen LogP contribution in [0.5, 0.6) is 5.75 Å². The lowest BCUT2D eigenvalue weighted by Gasteiger charge is -2.19. The lowest BCUT2D eigenvalue weighted by atomic mass is 9.91. The van der Waals surface area contributed by atoms with Crippen molar-refractivity contribution in [1.82, 2.24) is 0 Å². The minimum absolute atomic E-state index is 0.126. The smallest absolute Gasteiger partial charge is 0.306 e. The van der Waals surface area contributed by atoms with E-state index in [4.69, 9.17) is 9.47 Å². The van der Waals surface area contributed by atoms with E-state index in [0.29, 0.717) is 6.42 Å². The van der Waals surface area contributed by atoms with E-state index in [2.05, 4.69) is 19.1 Å². The van der Waals surface area contributed by atoms with Gasteiger partial charge in [0.05, 0.1) is 7.11 Å². The second kappa shape index (κ2) is 5.60. The minimum Gasteiger partial charge on any atom is -0.496 e. The summed E-state index contributed by atoms with van der Waals surface area (Å²) in [6, 6.07) is 14.1. The first-order chi connectivity index (χ1) is 10.2. The van der Waals surface area contributed by atoms with Crippen molar-refractivity contribution < 1.29 is 14.3 Å². The highest BCUT2D eigenvalue weighted by atomic mass is 16.5. The van der Waals surface area contributed by atoms with Crippen LogP contribution in [0.15, 0.2) is 42.5 Å². The molecular weight excluding hydrogens is 264 g/mol. The summed E-state index contributed by atoms with van der Waals surface area (Å²) in [5.74, 6) is 0.684. The van der Waals surface area contributed by atoms with Crippen molar-refractivity contribution in [3.05, 3.63) is 53.6 Å². The average molecular weight is 282 g/mol. The van der Waals surface area contributed by atoms with Gasteiger partial charge in [-0.15, -0.1) is 0 Å². The first-order valence-corrected chi connectivity index (χ1v) is 7.13. The number of ether oxygens (including phenoxy) is 2. The quantitative estimate of drug-likeness (QED) is 0.797. The predicted molar refractivity (Wildman–Crippen MR) is 81.2 cm³/mol. The molecule has 0 bridgehead atoms. The van der Waals surface area contributed by atoms with Crippen molar-refractivity contribution in [2.45, 2.75) is 25.9 Å². The fourth-order valence-corrected chi connectivity index (χ4v) is 2.87. The molecule has 108 valence electrons. The maximum Gasteiger partial charge on any atom is 0.306 e. The SMILES string of the molecule is COc1cccc([C@H]2CCC(=O)O2)c1-c1ccccc1C. The highest BCUT2D eigenvalue weighted by Gasteiger charge is 2.28. The van der Waals surface area contributed by atoms with Crippen molar-refractivity contribution in [3.63, 3.8) is 0 Å². The van der Waals surface area contributed by atoms with Crippen LogP contribution in [0.3, 0.4) is 0 Å². The van der Waals surface area contributed by atoms with Crippen LogP contribution >= 0.6 is 0 Å². The average Bonchev–Trinajstić information content (AvgIpc) is 2.93. The molecule has 0 unspecified atom stereocenters. The topological polar surface area (TPSA) is 35.5 Å². The summed E-state index contributed by atoms with van der Waals surface area (Å²) >= 11 is 0. The third kappa shape index (κ3) is 2.51. The lowest BCUT2D eigenvalue weighted by Crippen LogP contribution is -2.03. The van der Waals surface area contributed by atoms with E-state index < -0.39 is 0 Å². The lowest BCUT2D eigenvalue weighted by molar-refractivity contribution is -0.141. The van der Waals surface area contributed by atoms with Gasteiger partial charge in [-0.2, -0.15) is 0 Å². The number of esters is 1. The van der Waals surface area contributed by atoms with E-state index >= 15 is 0 Å². The normalized spacial score (nSPS) is 17.6. The summed E-state index contributed by atoms with van der Waals surface area (Å²) in [4.78, 5) is 11.4. The van der Waals surface area contributed by atoms with Gasteiger partial charge in [-0.05, 0) is 30.5 Å². The number of hydrogen-bond acceptors (Lipinski definition) is 3. The Morgan fingerprint density at radius 3 is 2.62 bits per heavy atom. The van der Waals surface area contributed by atoms with E-state index in [1.165, 1.54) is 5.56 Å². The third-order valence-electron chi connectivity index (χ3n) is 3.92. The molecule has 1 heterocycles. The highest BCUT2D eigenvalue weighted by Crippen LogP contribution is 2.42. The molecule has 0 amide bonds. The second-order valence-corrected chi connectivity index (χ2v) is 5.26. The molecule has 1 atom stereocenters. The molecule has 0 aliphatic carbocycles. The summed E-state index contributed by atoms with van der Waals surface area (Å²) < 4.78 is 11.0. The molecule has 3 nitrogen and oxygen atoms in total. The number of cyclic esters (lactones) is 1. The number of hydrogen-bond donors (Lipinski definition) is 0. The molecule has 0 aromatic heterocycles. The van der Waals surface area contributed by atoms with Crippen molar-refractivity contribution in [2.24, 2.45) is 0 Å². The molecule has 21 heavy (non-hydrogen) atoms. The highest BCUT2D eigenvalue weighted by molar-refractivity contribution is 5.78. The maximum atomic E-state index is 11.4. The number of benzene rings is 2. The molecule has 2 aromatic carbocycles. The Bertz CT molecular complexity index is 676. The van der Waals surface area contributed by atoms with Gasteiger partial charge in [0.1, 0.15) is 11.9 Å². The van der Waals surface area contributed by atoms with E-state index in [9.17, 15) is 4.79 Å². The van der Waals surface area contributed by atoms with Gasteiger partial charge in [0, 0.05) is 17.5 Å². The molecular formula is C18H18O3. The molecule has 0 spiro atoms. The van der Waals surface area contributed by atoms with Gasteiger partial charge in [-0.3, -0.25) is 4.79 Å². The zero-order valence-electron chi connectivity index (χ0n) is 12.3. The Balaban J connectivity index is 2.17. The van der Waals surface area contributed by atoms with Gasteiger partial charge in [0.2, 0.25) is 0 Å². The molecule has 1 saturated heterocycles. The van der Waals surface area contributed by atoms with Gasteiger partial charge in [0.25, 0.3) is 0 Å². The predicted octanol–water partition coefficient (Wildman–Crippen LogP) is 4.05. The summed E-state index contributed by atoms with van der Waals surface area (Å²) in [7, 11) is 1.67. The monoisotopic (exact) mass is 282 g/mol. The fourth-order valence-electron chi connectivity index (χ4n) is 2.87. The van der Waals surface area contributed by atoms with Gasteiger partial charge >= 0.3 is 5.97 Å². The summed E-state index contributed by atoms with van der Waals surface area (Å²) in [5, 5.41) is 0.